The van der Waals surface area contributed by atoms with E-state index in [0.29, 0.717) is 0 Å². The Morgan fingerprint density at radius 1 is 1.27 bits per heavy atom. The van der Waals surface area contributed by atoms with E-state index in [2.05, 4.69) is 41.1 Å². The normalized spacial score (nSPS) is 14.4. The molecule has 0 unspecified atom stereocenters. The standard InChI is InChI=1S/C17H23ClN4/c1-21(2)9-10-22-17-7-8-19-12-15(17)16(20-22)11-13-3-5-14(18)6-4-13/h3-6,19H,7-12H2,1-2H3. The first-order chi connectivity index (χ1) is 10.6. The van der Waals surface area contributed by atoms with Crippen LogP contribution in [-0.4, -0.2) is 41.9 Å². The van der Waals surface area contributed by atoms with Crippen LogP contribution in [0.15, 0.2) is 24.3 Å². The Labute approximate surface area is 137 Å². The largest absolute Gasteiger partial charge is 0.312 e. The van der Waals surface area contributed by atoms with Gasteiger partial charge in [0.2, 0.25) is 0 Å². The van der Waals surface area contributed by atoms with Crippen LogP contribution in [0.2, 0.25) is 5.02 Å². The zero-order valence-corrected chi connectivity index (χ0v) is 14.0. The van der Waals surface area contributed by atoms with Gasteiger partial charge in [0, 0.05) is 48.8 Å². The number of aromatic nitrogens is 2. The summed E-state index contributed by atoms with van der Waals surface area (Å²) in [6, 6.07) is 8.07. The van der Waals surface area contributed by atoms with Crippen molar-refractivity contribution < 1.29 is 0 Å². The Morgan fingerprint density at radius 2 is 2.05 bits per heavy atom. The van der Waals surface area contributed by atoms with E-state index in [0.717, 1.165) is 44.0 Å². The predicted octanol–water partition coefficient (Wildman–Crippen LogP) is 2.33. The minimum atomic E-state index is 0.781. The van der Waals surface area contributed by atoms with Crippen LogP contribution in [0, 0.1) is 0 Å². The lowest BCUT2D eigenvalue weighted by Gasteiger charge is -2.17. The number of nitrogens with one attached hydrogen (secondary N) is 1. The molecule has 3 rings (SSSR count). The molecule has 5 heteroatoms. The van der Waals surface area contributed by atoms with Crippen molar-refractivity contribution in [2.75, 3.05) is 27.2 Å². The maximum atomic E-state index is 5.97. The van der Waals surface area contributed by atoms with E-state index in [1.165, 1.54) is 22.5 Å². The van der Waals surface area contributed by atoms with Gasteiger partial charge in [-0.05, 0) is 31.8 Å². The SMILES string of the molecule is CN(C)CCn1nc(Cc2ccc(Cl)cc2)c2c1CCNC2. The van der Waals surface area contributed by atoms with Crippen molar-refractivity contribution >= 4 is 11.6 Å². The van der Waals surface area contributed by atoms with Crippen molar-refractivity contribution in [2.24, 2.45) is 0 Å². The Bertz CT molecular complexity index is 631. The maximum absolute atomic E-state index is 5.97. The monoisotopic (exact) mass is 318 g/mol. The fraction of sp³-hybridized carbons (Fsp3) is 0.471. The quantitative estimate of drug-likeness (QED) is 0.918. The molecule has 118 valence electrons. The fourth-order valence-corrected chi connectivity index (χ4v) is 3.04. The number of hydrogen-bond acceptors (Lipinski definition) is 3. The Kier molecular flexibility index (Phi) is 4.81. The van der Waals surface area contributed by atoms with Crippen LogP contribution < -0.4 is 5.32 Å². The highest BCUT2D eigenvalue weighted by molar-refractivity contribution is 6.30. The number of nitrogens with zero attached hydrogens (tertiary/aromatic N) is 3. The molecule has 0 radical (unpaired) electrons. The van der Waals surface area contributed by atoms with Crippen molar-refractivity contribution in [3.63, 3.8) is 0 Å². The molecule has 4 nitrogen and oxygen atoms in total. The Morgan fingerprint density at radius 3 is 2.77 bits per heavy atom. The van der Waals surface area contributed by atoms with Gasteiger partial charge in [-0.3, -0.25) is 4.68 Å². The molecule has 1 aromatic heterocycles. The van der Waals surface area contributed by atoms with Gasteiger partial charge in [-0.25, -0.2) is 0 Å². The van der Waals surface area contributed by atoms with E-state index in [9.17, 15) is 0 Å². The summed E-state index contributed by atoms with van der Waals surface area (Å²) >= 11 is 5.97. The third-order valence-corrected chi connectivity index (χ3v) is 4.39. The second kappa shape index (κ2) is 6.82. The van der Waals surface area contributed by atoms with Crippen LogP contribution in [0.5, 0.6) is 0 Å². The third-order valence-electron chi connectivity index (χ3n) is 4.13. The van der Waals surface area contributed by atoms with Gasteiger partial charge in [0.1, 0.15) is 0 Å². The molecule has 22 heavy (non-hydrogen) atoms. The first-order valence-electron chi connectivity index (χ1n) is 7.81. The summed E-state index contributed by atoms with van der Waals surface area (Å²) in [5.74, 6) is 0. The number of halogens is 1. The van der Waals surface area contributed by atoms with E-state index >= 15 is 0 Å². The van der Waals surface area contributed by atoms with Crippen molar-refractivity contribution in [1.82, 2.24) is 20.0 Å². The predicted molar refractivity (Wildman–Crippen MR) is 90.4 cm³/mol. The number of hydrogen-bond donors (Lipinski definition) is 1. The van der Waals surface area contributed by atoms with Crippen LogP contribution >= 0.6 is 11.6 Å². The zero-order chi connectivity index (χ0) is 15.5. The second-order valence-corrected chi connectivity index (χ2v) is 6.56. The van der Waals surface area contributed by atoms with Crippen LogP contribution in [-0.2, 0) is 25.9 Å². The maximum Gasteiger partial charge on any atom is 0.0716 e. The van der Waals surface area contributed by atoms with Crippen molar-refractivity contribution in [1.29, 1.82) is 0 Å². The fourth-order valence-electron chi connectivity index (χ4n) is 2.91. The van der Waals surface area contributed by atoms with Crippen molar-refractivity contribution in [3.8, 4) is 0 Å². The van der Waals surface area contributed by atoms with E-state index < -0.39 is 0 Å². The molecule has 1 aromatic carbocycles. The minimum absolute atomic E-state index is 0.781. The molecule has 1 N–H and O–H groups in total. The molecule has 0 aliphatic carbocycles. The van der Waals surface area contributed by atoms with Crippen molar-refractivity contribution in [2.45, 2.75) is 25.9 Å². The highest BCUT2D eigenvalue weighted by Gasteiger charge is 2.20. The van der Waals surface area contributed by atoms with Crippen molar-refractivity contribution in [3.05, 3.63) is 51.8 Å². The lowest BCUT2D eigenvalue weighted by Crippen LogP contribution is -2.26. The van der Waals surface area contributed by atoms with Gasteiger partial charge in [-0.1, -0.05) is 23.7 Å². The van der Waals surface area contributed by atoms with Crippen LogP contribution in [0.25, 0.3) is 0 Å². The van der Waals surface area contributed by atoms with Crippen LogP contribution in [0.3, 0.4) is 0 Å². The third kappa shape index (κ3) is 3.51. The molecule has 2 heterocycles. The van der Waals surface area contributed by atoms with Gasteiger partial charge in [0.25, 0.3) is 0 Å². The minimum Gasteiger partial charge on any atom is -0.312 e. The van der Waals surface area contributed by atoms with Gasteiger partial charge >= 0.3 is 0 Å². The lowest BCUT2D eigenvalue weighted by atomic mass is 10.0. The molecule has 0 atom stereocenters. The van der Waals surface area contributed by atoms with E-state index in [-0.39, 0.29) is 0 Å². The highest BCUT2D eigenvalue weighted by atomic mass is 35.5. The molecule has 0 spiro atoms. The summed E-state index contributed by atoms with van der Waals surface area (Å²) in [5, 5.41) is 9.15. The Balaban J connectivity index is 1.85. The molecular formula is C17H23ClN4. The molecule has 1 aliphatic heterocycles. The number of rotatable bonds is 5. The summed E-state index contributed by atoms with van der Waals surface area (Å²) in [6.07, 6.45) is 1.94. The van der Waals surface area contributed by atoms with Gasteiger partial charge < -0.3 is 10.2 Å². The second-order valence-electron chi connectivity index (χ2n) is 6.13. The van der Waals surface area contributed by atoms with Crippen LogP contribution in [0.1, 0.15) is 22.5 Å². The van der Waals surface area contributed by atoms with Gasteiger partial charge in [0.15, 0.2) is 0 Å². The molecule has 0 amide bonds. The average Bonchev–Trinajstić information content (AvgIpc) is 2.86. The number of benzene rings is 1. The van der Waals surface area contributed by atoms with E-state index in [1.807, 2.05) is 12.1 Å². The van der Waals surface area contributed by atoms with Gasteiger partial charge in [0.05, 0.1) is 12.2 Å². The summed E-state index contributed by atoms with van der Waals surface area (Å²) in [5.41, 5.74) is 5.25. The van der Waals surface area contributed by atoms with Gasteiger partial charge in [-0.2, -0.15) is 5.10 Å². The summed E-state index contributed by atoms with van der Waals surface area (Å²) in [4.78, 5) is 2.20. The molecule has 0 bridgehead atoms. The van der Waals surface area contributed by atoms with E-state index in [1.54, 1.807) is 0 Å². The molecule has 0 saturated carbocycles. The molecule has 0 saturated heterocycles. The van der Waals surface area contributed by atoms with E-state index in [4.69, 9.17) is 16.7 Å². The summed E-state index contributed by atoms with van der Waals surface area (Å²) in [7, 11) is 4.21. The highest BCUT2D eigenvalue weighted by Crippen LogP contribution is 2.22. The smallest absolute Gasteiger partial charge is 0.0716 e. The molecular weight excluding hydrogens is 296 g/mol. The molecule has 0 fully saturated rings. The zero-order valence-electron chi connectivity index (χ0n) is 13.3. The lowest BCUT2D eigenvalue weighted by molar-refractivity contribution is 0.367. The first-order valence-corrected chi connectivity index (χ1v) is 8.18. The summed E-state index contributed by atoms with van der Waals surface area (Å²) < 4.78 is 2.21. The topological polar surface area (TPSA) is 33.1 Å². The summed E-state index contributed by atoms with van der Waals surface area (Å²) in [6.45, 7) is 3.94. The molecule has 2 aromatic rings. The van der Waals surface area contributed by atoms with Gasteiger partial charge in [-0.15, -0.1) is 0 Å². The molecule has 1 aliphatic rings. The average molecular weight is 319 g/mol. The number of fused-ring (bicyclic) bond motifs is 1. The first kappa shape index (κ1) is 15.5. The Hall–Kier alpha value is -1.36. The number of likely N-dealkylation sites (N-methyl/N-ethyl adjacent to an activating group) is 1. The van der Waals surface area contributed by atoms with Crippen LogP contribution in [0.4, 0.5) is 0 Å².